The van der Waals surface area contributed by atoms with Gasteiger partial charge in [-0.15, -0.1) is 0 Å². The number of benzene rings is 2. The molecule has 0 aliphatic heterocycles. The minimum atomic E-state index is -0.288. The summed E-state index contributed by atoms with van der Waals surface area (Å²) in [5, 5.41) is 6.23. The van der Waals surface area contributed by atoms with Gasteiger partial charge >= 0.3 is 0 Å². The van der Waals surface area contributed by atoms with Gasteiger partial charge in [0.2, 0.25) is 5.75 Å². The average molecular weight is 422 g/mol. The normalized spacial score (nSPS) is 10.4. The van der Waals surface area contributed by atoms with E-state index in [4.69, 9.17) is 14.2 Å². The van der Waals surface area contributed by atoms with Crippen LogP contribution in [-0.2, 0) is 6.42 Å². The van der Waals surface area contributed by atoms with E-state index >= 15 is 0 Å². The van der Waals surface area contributed by atoms with Crippen LogP contribution in [-0.4, -0.2) is 37.2 Å². The summed E-state index contributed by atoms with van der Waals surface area (Å²) in [7, 11) is 4.54. The van der Waals surface area contributed by atoms with Crippen LogP contribution < -0.4 is 24.8 Å². The van der Waals surface area contributed by atoms with Crippen molar-refractivity contribution in [3.63, 3.8) is 0 Å². The highest BCUT2D eigenvalue weighted by atomic mass is 16.5. The molecule has 2 N–H and O–H groups in total. The highest BCUT2D eigenvalue weighted by Crippen LogP contribution is 2.38. The van der Waals surface area contributed by atoms with Crippen molar-refractivity contribution in [1.82, 2.24) is 9.97 Å². The summed E-state index contributed by atoms with van der Waals surface area (Å²) < 4.78 is 16.0. The van der Waals surface area contributed by atoms with Crippen molar-refractivity contribution in [1.29, 1.82) is 0 Å². The second-order valence-electron chi connectivity index (χ2n) is 6.76. The number of nitrogens with zero attached hydrogens (tertiary/aromatic N) is 2. The van der Waals surface area contributed by atoms with E-state index in [9.17, 15) is 4.79 Å². The summed E-state index contributed by atoms with van der Waals surface area (Å²) in [4.78, 5) is 21.4. The third kappa shape index (κ3) is 5.03. The molecular formula is C23H26N4O4. The van der Waals surface area contributed by atoms with Gasteiger partial charge in [0.1, 0.15) is 12.1 Å². The average Bonchev–Trinajstić information content (AvgIpc) is 2.78. The number of methoxy groups -OCH3 is 3. The maximum atomic E-state index is 13.0. The Labute approximate surface area is 181 Å². The fourth-order valence-corrected chi connectivity index (χ4v) is 3.16. The van der Waals surface area contributed by atoms with Crippen molar-refractivity contribution in [2.75, 3.05) is 32.0 Å². The smallest absolute Gasteiger partial charge is 0.255 e. The minimum Gasteiger partial charge on any atom is -0.493 e. The number of nitrogens with one attached hydrogen (secondary N) is 2. The van der Waals surface area contributed by atoms with Gasteiger partial charge < -0.3 is 24.8 Å². The molecule has 162 valence electrons. The van der Waals surface area contributed by atoms with Crippen molar-refractivity contribution < 1.29 is 19.0 Å². The topological polar surface area (TPSA) is 94.6 Å². The Morgan fingerprint density at radius 2 is 1.68 bits per heavy atom. The molecule has 0 fully saturated rings. The Bertz CT molecular complexity index is 1060. The predicted molar refractivity (Wildman–Crippen MR) is 120 cm³/mol. The zero-order valence-electron chi connectivity index (χ0n) is 18.3. The van der Waals surface area contributed by atoms with E-state index in [0.717, 1.165) is 23.4 Å². The van der Waals surface area contributed by atoms with E-state index < -0.39 is 0 Å². The van der Waals surface area contributed by atoms with E-state index in [1.54, 1.807) is 12.1 Å². The second-order valence-corrected chi connectivity index (χ2v) is 6.76. The molecule has 0 spiro atoms. The van der Waals surface area contributed by atoms with E-state index in [1.807, 2.05) is 38.1 Å². The maximum absolute atomic E-state index is 13.0. The number of anilines is 3. The lowest BCUT2D eigenvalue weighted by atomic mass is 10.1. The van der Waals surface area contributed by atoms with Gasteiger partial charge in [0.25, 0.3) is 5.91 Å². The van der Waals surface area contributed by atoms with E-state index in [1.165, 1.54) is 27.7 Å². The van der Waals surface area contributed by atoms with Crippen LogP contribution in [0.3, 0.4) is 0 Å². The number of aryl methyl sites for hydroxylation is 2. The van der Waals surface area contributed by atoms with Gasteiger partial charge in [-0.2, -0.15) is 0 Å². The first-order chi connectivity index (χ1) is 15.0. The summed E-state index contributed by atoms with van der Waals surface area (Å²) in [6.45, 7) is 3.93. The molecule has 0 radical (unpaired) electrons. The fourth-order valence-electron chi connectivity index (χ4n) is 3.16. The number of carbonyl (C=O) groups is 1. The molecule has 0 saturated carbocycles. The number of ether oxygens (including phenoxy) is 3. The molecule has 0 unspecified atom stereocenters. The molecule has 31 heavy (non-hydrogen) atoms. The first-order valence-corrected chi connectivity index (χ1v) is 9.79. The first-order valence-electron chi connectivity index (χ1n) is 9.79. The van der Waals surface area contributed by atoms with Crippen LogP contribution in [0, 0.1) is 6.92 Å². The van der Waals surface area contributed by atoms with E-state index in [2.05, 4.69) is 20.6 Å². The Balaban J connectivity index is 1.90. The standard InChI is InChI=1S/C23H26N4O4/c1-6-15-7-8-17(26-21-9-14(2)24-13-25-21)12-18(15)27-23(28)16-10-19(29-3)22(31-5)20(11-16)30-4/h7-13H,6H2,1-5H3,(H,27,28)(H,24,25,26). The van der Waals surface area contributed by atoms with E-state index in [-0.39, 0.29) is 5.91 Å². The lowest BCUT2D eigenvalue weighted by Crippen LogP contribution is -2.14. The summed E-state index contributed by atoms with van der Waals surface area (Å²) in [5.74, 6) is 1.65. The molecule has 0 atom stereocenters. The fraction of sp³-hybridized carbons (Fsp3) is 0.261. The third-order valence-electron chi connectivity index (χ3n) is 4.74. The molecule has 0 aliphatic rings. The Morgan fingerprint density at radius 1 is 0.968 bits per heavy atom. The third-order valence-corrected chi connectivity index (χ3v) is 4.74. The number of amides is 1. The Morgan fingerprint density at radius 3 is 2.26 bits per heavy atom. The molecule has 0 aliphatic carbocycles. The van der Waals surface area contributed by atoms with Gasteiger partial charge in [0.15, 0.2) is 11.5 Å². The quantitative estimate of drug-likeness (QED) is 0.557. The van der Waals surface area contributed by atoms with Gasteiger partial charge in [-0.25, -0.2) is 9.97 Å². The molecule has 2 aromatic carbocycles. The number of rotatable bonds is 8. The molecule has 8 nitrogen and oxygen atoms in total. The second kappa shape index (κ2) is 9.80. The summed E-state index contributed by atoms with van der Waals surface area (Å²) >= 11 is 0. The minimum absolute atomic E-state index is 0.288. The summed E-state index contributed by atoms with van der Waals surface area (Å²) in [6, 6.07) is 10.9. The summed E-state index contributed by atoms with van der Waals surface area (Å²) in [6.07, 6.45) is 2.27. The Kier molecular flexibility index (Phi) is 6.92. The van der Waals surface area contributed by atoms with Crippen molar-refractivity contribution in [2.24, 2.45) is 0 Å². The maximum Gasteiger partial charge on any atom is 0.255 e. The lowest BCUT2D eigenvalue weighted by Gasteiger charge is -2.16. The van der Waals surface area contributed by atoms with Crippen LogP contribution in [0.15, 0.2) is 42.7 Å². The highest BCUT2D eigenvalue weighted by molar-refractivity contribution is 6.05. The zero-order valence-corrected chi connectivity index (χ0v) is 18.3. The number of hydrogen-bond donors (Lipinski definition) is 2. The van der Waals surface area contributed by atoms with Gasteiger partial charge in [-0.3, -0.25) is 4.79 Å². The molecule has 0 bridgehead atoms. The Hall–Kier alpha value is -3.81. The molecule has 1 aromatic heterocycles. The highest BCUT2D eigenvalue weighted by Gasteiger charge is 2.18. The molecule has 0 saturated heterocycles. The van der Waals surface area contributed by atoms with Gasteiger partial charge in [-0.05, 0) is 43.2 Å². The molecule has 8 heteroatoms. The van der Waals surface area contributed by atoms with Gasteiger partial charge in [0, 0.05) is 28.7 Å². The van der Waals surface area contributed by atoms with Crippen molar-refractivity contribution in [2.45, 2.75) is 20.3 Å². The number of aromatic nitrogens is 2. The number of carbonyl (C=O) groups excluding carboxylic acids is 1. The molecule has 1 amide bonds. The van der Waals surface area contributed by atoms with Crippen LogP contribution in [0.4, 0.5) is 17.2 Å². The molecule has 1 heterocycles. The van der Waals surface area contributed by atoms with Crippen LogP contribution in [0.1, 0.15) is 28.5 Å². The summed E-state index contributed by atoms with van der Waals surface area (Å²) in [5.41, 5.74) is 3.76. The predicted octanol–water partition coefficient (Wildman–Crippen LogP) is 4.37. The van der Waals surface area contributed by atoms with Crippen molar-refractivity contribution >= 4 is 23.1 Å². The first kappa shape index (κ1) is 21.9. The van der Waals surface area contributed by atoms with E-state index in [0.29, 0.717) is 34.3 Å². The monoisotopic (exact) mass is 422 g/mol. The molecular weight excluding hydrogens is 396 g/mol. The van der Waals surface area contributed by atoms with Gasteiger partial charge in [-0.1, -0.05) is 13.0 Å². The van der Waals surface area contributed by atoms with Crippen LogP contribution >= 0.6 is 0 Å². The lowest BCUT2D eigenvalue weighted by molar-refractivity contribution is 0.102. The number of hydrogen-bond acceptors (Lipinski definition) is 7. The van der Waals surface area contributed by atoms with Crippen LogP contribution in [0.2, 0.25) is 0 Å². The van der Waals surface area contributed by atoms with Crippen LogP contribution in [0.5, 0.6) is 17.2 Å². The SMILES string of the molecule is CCc1ccc(Nc2cc(C)ncn2)cc1NC(=O)c1cc(OC)c(OC)c(OC)c1. The van der Waals surface area contributed by atoms with Crippen molar-refractivity contribution in [3.05, 3.63) is 59.5 Å². The van der Waals surface area contributed by atoms with Gasteiger partial charge in [0.05, 0.1) is 21.3 Å². The van der Waals surface area contributed by atoms with Crippen molar-refractivity contribution in [3.8, 4) is 17.2 Å². The molecule has 3 rings (SSSR count). The zero-order chi connectivity index (χ0) is 22.4. The largest absolute Gasteiger partial charge is 0.493 e. The van der Waals surface area contributed by atoms with Crippen LogP contribution in [0.25, 0.3) is 0 Å². The molecule has 3 aromatic rings.